The first kappa shape index (κ1) is 26.6. The third kappa shape index (κ3) is 8.06. The molecular formula is C28H29ClN2O5. The van der Waals surface area contributed by atoms with Crippen LogP contribution in [0, 0.1) is 0 Å². The summed E-state index contributed by atoms with van der Waals surface area (Å²) in [5.74, 6) is 1.80. The van der Waals surface area contributed by atoms with Gasteiger partial charge in [0.15, 0.2) is 29.6 Å². The zero-order valence-corrected chi connectivity index (χ0v) is 21.1. The summed E-state index contributed by atoms with van der Waals surface area (Å²) in [4.78, 5) is 12.2. The number of carbonyl (C=O) groups is 1. The fraction of sp³-hybridized carbons (Fsp3) is 0.214. The number of halogens is 1. The van der Waals surface area contributed by atoms with E-state index in [1.54, 1.807) is 31.4 Å². The van der Waals surface area contributed by atoms with E-state index in [4.69, 9.17) is 30.5 Å². The van der Waals surface area contributed by atoms with Gasteiger partial charge in [0.05, 0.1) is 19.9 Å². The van der Waals surface area contributed by atoms with Crippen molar-refractivity contribution in [2.75, 3.05) is 20.3 Å². The fourth-order valence-corrected chi connectivity index (χ4v) is 3.34. The highest BCUT2D eigenvalue weighted by atomic mass is 35.5. The molecular weight excluding hydrogens is 480 g/mol. The van der Waals surface area contributed by atoms with Crippen molar-refractivity contribution in [2.24, 2.45) is 5.10 Å². The van der Waals surface area contributed by atoms with E-state index in [0.29, 0.717) is 47.7 Å². The van der Waals surface area contributed by atoms with Crippen molar-refractivity contribution < 1.29 is 23.7 Å². The molecule has 1 amide bonds. The normalized spacial score (nSPS) is 10.6. The zero-order chi connectivity index (χ0) is 25.8. The van der Waals surface area contributed by atoms with Crippen LogP contribution in [0.25, 0.3) is 0 Å². The number of benzene rings is 3. The number of hydrazone groups is 1. The summed E-state index contributed by atoms with van der Waals surface area (Å²) in [5.41, 5.74) is 5.22. The molecule has 1 N–H and O–H groups in total. The molecule has 0 bridgehead atoms. The third-order valence-electron chi connectivity index (χ3n) is 4.94. The Bertz CT molecular complexity index is 1200. The van der Waals surface area contributed by atoms with Gasteiger partial charge in [-0.05, 0) is 72.5 Å². The van der Waals surface area contributed by atoms with Gasteiger partial charge >= 0.3 is 0 Å². The second-order valence-electron chi connectivity index (χ2n) is 7.61. The maximum absolute atomic E-state index is 12.2. The SMILES string of the molecule is C=CCc1ccc(OCC(=O)N/N=C/c2ccc(OCc3ccc(Cl)cc3)c(OCC)c2)c(OC)c1. The molecule has 0 atom stereocenters. The Morgan fingerprint density at radius 1 is 0.944 bits per heavy atom. The lowest BCUT2D eigenvalue weighted by molar-refractivity contribution is -0.123. The quantitative estimate of drug-likeness (QED) is 0.185. The van der Waals surface area contributed by atoms with Crippen molar-refractivity contribution in [3.05, 3.63) is 95.0 Å². The number of nitrogens with one attached hydrogen (secondary N) is 1. The smallest absolute Gasteiger partial charge is 0.277 e. The summed E-state index contributed by atoms with van der Waals surface area (Å²) in [5, 5.41) is 4.69. The van der Waals surface area contributed by atoms with Crippen molar-refractivity contribution in [1.29, 1.82) is 0 Å². The Balaban J connectivity index is 1.55. The molecule has 0 spiro atoms. The monoisotopic (exact) mass is 508 g/mol. The predicted molar refractivity (Wildman–Crippen MR) is 142 cm³/mol. The van der Waals surface area contributed by atoms with Crippen molar-refractivity contribution in [2.45, 2.75) is 20.0 Å². The van der Waals surface area contributed by atoms with Gasteiger partial charge in [0.1, 0.15) is 6.61 Å². The molecule has 0 saturated heterocycles. The van der Waals surface area contributed by atoms with Gasteiger partial charge in [-0.2, -0.15) is 5.10 Å². The average Bonchev–Trinajstić information content (AvgIpc) is 2.88. The third-order valence-corrected chi connectivity index (χ3v) is 5.20. The molecule has 0 aliphatic carbocycles. The Morgan fingerprint density at radius 2 is 1.67 bits per heavy atom. The number of ether oxygens (including phenoxy) is 4. The fourth-order valence-electron chi connectivity index (χ4n) is 3.21. The number of allylic oxidation sites excluding steroid dienone is 1. The average molecular weight is 509 g/mol. The van der Waals surface area contributed by atoms with Crippen LogP contribution < -0.4 is 24.4 Å². The molecule has 188 valence electrons. The number of carbonyl (C=O) groups excluding carboxylic acids is 1. The van der Waals surface area contributed by atoms with Crippen LogP contribution in [0.1, 0.15) is 23.6 Å². The molecule has 0 fully saturated rings. The van der Waals surface area contributed by atoms with Crippen LogP contribution in [0.4, 0.5) is 0 Å². The Morgan fingerprint density at radius 3 is 2.39 bits per heavy atom. The summed E-state index contributed by atoms with van der Waals surface area (Å²) in [6.45, 7) is 6.27. The van der Waals surface area contributed by atoms with Crippen LogP contribution in [-0.2, 0) is 17.8 Å². The molecule has 0 aromatic heterocycles. The first-order valence-corrected chi connectivity index (χ1v) is 11.8. The summed E-state index contributed by atoms with van der Waals surface area (Å²) in [6, 6.07) is 18.4. The molecule has 0 saturated carbocycles. The predicted octanol–water partition coefficient (Wildman–Crippen LogP) is 5.58. The van der Waals surface area contributed by atoms with E-state index >= 15 is 0 Å². The van der Waals surface area contributed by atoms with Crippen molar-refractivity contribution in [3.63, 3.8) is 0 Å². The molecule has 0 radical (unpaired) electrons. The number of nitrogens with zero attached hydrogens (tertiary/aromatic N) is 1. The van der Waals surface area contributed by atoms with Crippen LogP contribution >= 0.6 is 11.6 Å². The molecule has 3 rings (SSSR count). The van der Waals surface area contributed by atoms with E-state index in [-0.39, 0.29) is 6.61 Å². The van der Waals surface area contributed by atoms with Crippen molar-refractivity contribution in [1.82, 2.24) is 5.43 Å². The zero-order valence-electron chi connectivity index (χ0n) is 20.3. The molecule has 36 heavy (non-hydrogen) atoms. The largest absolute Gasteiger partial charge is 0.493 e. The van der Waals surface area contributed by atoms with Crippen LogP contribution in [0.15, 0.2) is 78.4 Å². The van der Waals surface area contributed by atoms with Crippen molar-refractivity contribution in [3.8, 4) is 23.0 Å². The van der Waals surface area contributed by atoms with Crippen molar-refractivity contribution >= 4 is 23.7 Å². The minimum Gasteiger partial charge on any atom is -0.493 e. The van der Waals surface area contributed by atoms with Gasteiger partial charge < -0.3 is 18.9 Å². The summed E-state index contributed by atoms with van der Waals surface area (Å²) < 4.78 is 22.6. The molecule has 0 heterocycles. The van der Waals surface area contributed by atoms with Gasteiger partial charge in [-0.15, -0.1) is 6.58 Å². The van der Waals surface area contributed by atoms with Crippen LogP contribution in [0.2, 0.25) is 5.02 Å². The highest BCUT2D eigenvalue weighted by Crippen LogP contribution is 2.29. The second kappa shape index (κ2) is 13.8. The molecule has 0 unspecified atom stereocenters. The van der Waals surface area contributed by atoms with E-state index in [0.717, 1.165) is 16.7 Å². The van der Waals surface area contributed by atoms with E-state index in [9.17, 15) is 4.79 Å². The van der Waals surface area contributed by atoms with E-state index < -0.39 is 5.91 Å². The number of amides is 1. The minimum absolute atomic E-state index is 0.212. The molecule has 7 nitrogen and oxygen atoms in total. The lowest BCUT2D eigenvalue weighted by atomic mass is 10.1. The van der Waals surface area contributed by atoms with Gasteiger partial charge in [0.25, 0.3) is 5.91 Å². The summed E-state index contributed by atoms with van der Waals surface area (Å²) in [6.07, 6.45) is 4.04. The van der Waals surface area contributed by atoms with E-state index in [2.05, 4.69) is 17.1 Å². The number of hydrogen-bond acceptors (Lipinski definition) is 6. The molecule has 3 aromatic carbocycles. The van der Waals surface area contributed by atoms with E-state index in [1.807, 2.05) is 49.4 Å². The number of methoxy groups -OCH3 is 1. The van der Waals surface area contributed by atoms with Gasteiger partial charge in [0, 0.05) is 5.02 Å². The number of rotatable bonds is 13. The molecule has 3 aromatic rings. The van der Waals surface area contributed by atoms with Crippen LogP contribution in [0.5, 0.6) is 23.0 Å². The lowest BCUT2D eigenvalue weighted by Gasteiger charge is -2.13. The van der Waals surface area contributed by atoms with Gasteiger partial charge in [-0.1, -0.05) is 35.9 Å². The van der Waals surface area contributed by atoms with E-state index in [1.165, 1.54) is 6.21 Å². The second-order valence-corrected chi connectivity index (χ2v) is 8.05. The van der Waals surface area contributed by atoms with Gasteiger partial charge in [-0.25, -0.2) is 5.43 Å². The summed E-state index contributed by atoms with van der Waals surface area (Å²) in [7, 11) is 1.55. The molecule has 0 aliphatic rings. The minimum atomic E-state index is -0.406. The van der Waals surface area contributed by atoms with Gasteiger partial charge in [0.2, 0.25) is 0 Å². The highest BCUT2D eigenvalue weighted by molar-refractivity contribution is 6.30. The van der Waals surface area contributed by atoms with Crippen LogP contribution in [0.3, 0.4) is 0 Å². The Labute approximate surface area is 216 Å². The Kier molecular flexibility index (Phi) is 10.2. The highest BCUT2D eigenvalue weighted by Gasteiger charge is 2.09. The first-order valence-electron chi connectivity index (χ1n) is 11.4. The summed E-state index contributed by atoms with van der Waals surface area (Å²) >= 11 is 5.93. The van der Waals surface area contributed by atoms with Gasteiger partial charge in [-0.3, -0.25) is 4.79 Å². The number of hydrogen-bond donors (Lipinski definition) is 1. The van der Waals surface area contributed by atoms with Crippen LogP contribution in [-0.4, -0.2) is 32.4 Å². The topological polar surface area (TPSA) is 78.4 Å². The maximum Gasteiger partial charge on any atom is 0.277 e. The first-order chi connectivity index (χ1) is 17.5. The molecule has 8 heteroatoms. The standard InChI is InChI=1S/C28H29ClN2O5/c1-4-6-20-9-13-24(26(15-20)33-3)36-19-28(32)31-30-17-22-10-14-25(27(16-22)34-5-2)35-18-21-7-11-23(29)12-8-21/h4,7-17H,1,5-6,18-19H2,2-3H3,(H,31,32)/b30-17+. The molecule has 0 aliphatic heterocycles. The lowest BCUT2D eigenvalue weighted by Crippen LogP contribution is -2.24. The Hall–Kier alpha value is -3.97. The maximum atomic E-state index is 12.2.